The van der Waals surface area contributed by atoms with Gasteiger partial charge in [-0.25, -0.2) is 8.42 Å². The highest BCUT2D eigenvalue weighted by Gasteiger charge is 2.22. The smallest absolute Gasteiger partial charge is 0.264 e. The van der Waals surface area contributed by atoms with Crippen molar-refractivity contribution in [1.82, 2.24) is 0 Å². The maximum Gasteiger partial charge on any atom is 0.264 e. The lowest BCUT2D eigenvalue weighted by molar-refractivity contribution is 0.102. The summed E-state index contributed by atoms with van der Waals surface area (Å²) in [6.45, 7) is 3.93. The molecule has 1 N–H and O–H groups in total. The van der Waals surface area contributed by atoms with Crippen LogP contribution in [0.25, 0.3) is 0 Å². The molecule has 0 aromatic heterocycles. The molecule has 3 rings (SSSR count). The Morgan fingerprint density at radius 1 is 0.966 bits per heavy atom. The molecular weight excluding hydrogens is 384 g/mol. The second kappa shape index (κ2) is 8.49. The maximum atomic E-state index is 12.9. The first-order valence-corrected chi connectivity index (χ1v) is 10.8. The predicted molar refractivity (Wildman–Crippen MR) is 117 cm³/mol. The molecule has 0 bridgehead atoms. The van der Waals surface area contributed by atoms with E-state index in [2.05, 4.69) is 5.32 Å². The monoisotopic (exact) mass is 408 g/mol. The Kier molecular flexibility index (Phi) is 6.03. The highest BCUT2D eigenvalue weighted by molar-refractivity contribution is 7.92. The van der Waals surface area contributed by atoms with E-state index in [1.165, 1.54) is 11.4 Å². The minimum absolute atomic E-state index is 0.206. The van der Waals surface area contributed by atoms with Gasteiger partial charge in [0.15, 0.2) is 0 Å². The van der Waals surface area contributed by atoms with Gasteiger partial charge < -0.3 is 5.32 Å². The molecule has 0 aliphatic carbocycles. The van der Waals surface area contributed by atoms with Crippen LogP contribution in [0.2, 0.25) is 0 Å². The van der Waals surface area contributed by atoms with Crippen molar-refractivity contribution in [2.24, 2.45) is 0 Å². The Balaban J connectivity index is 1.86. The van der Waals surface area contributed by atoms with Crippen molar-refractivity contribution in [3.8, 4) is 0 Å². The largest absolute Gasteiger partial charge is 0.322 e. The van der Waals surface area contributed by atoms with E-state index in [0.717, 1.165) is 23.2 Å². The van der Waals surface area contributed by atoms with Gasteiger partial charge in [-0.15, -0.1) is 0 Å². The molecule has 1 amide bonds. The molecule has 150 valence electrons. The van der Waals surface area contributed by atoms with Crippen molar-refractivity contribution in [2.45, 2.75) is 25.2 Å². The summed E-state index contributed by atoms with van der Waals surface area (Å²) in [5, 5.41) is 2.91. The van der Waals surface area contributed by atoms with Crippen LogP contribution in [0.4, 0.5) is 11.4 Å². The van der Waals surface area contributed by atoms with Gasteiger partial charge in [-0.1, -0.05) is 48.9 Å². The quantitative estimate of drug-likeness (QED) is 0.646. The maximum absolute atomic E-state index is 12.9. The highest BCUT2D eigenvalue weighted by atomic mass is 32.2. The van der Waals surface area contributed by atoms with E-state index in [9.17, 15) is 13.2 Å². The van der Waals surface area contributed by atoms with Crippen LogP contribution >= 0.6 is 0 Å². The van der Waals surface area contributed by atoms with Crippen LogP contribution in [0.15, 0.2) is 77.7 Å². The van der Waals surface area contributed by atoms with Gasteiger partial charge in [0, 0.05) is 18.3 Å². The molecule has 5 nitrogen and oxygen atoms in total. The SMILES string of the molecule is CCc1ccccc1NC(=O)c1cccc(N(C)S(=O)(=O)c2ccc(C)cc2)c1. The Morgan fingerprint density at radius 3 is 2.34 bits per heavy atom. The van der Waals surface area contributed by atoms with Crippen molar-refractivity contribution in [3.63, 3.8) is 0 Å². The number of carbonyl (C=O) groups is 1. The number of carbonyl (C=O) groups excluding carboxylic acids is 1. The zero-order valence-electron chi connectivity index (χ0n) is 16.7. The molecular formula is C23H24N2O3S. The number of nitrogens with zero attached hydrogens (tertiary/aromatic N) is 1. The number of rotatable bonds is 6. The summed E-state index contributed by atoms with van der Waals surface area (Å²) < 4.78 is 27.0. The highest BCUT2D eigenvalue weighted by Crippen LogP contribution is 2.24. The number of hydrogen-bond acceptors (Lipinski definition) is 3. The summed E-state index contributed by atoms with van der Waals surface area (Å²) in [5.41, 5.74) is 3.58. The molecule has 29 heavy (non-hydrogen) atoms. The molecule has 0 spiro atoms. The topological polar surface area (TPSA) is 66.5 Å². The van der Waals surface area contributed by atoms with E-state index in [-0.39, 0.29) is 10.8 Å². The average Bonchev–Trinajstić information content (AvgIpc) is 2.74. The average molecular weight is 409 g/mol. The molecule has 6 heteroatoms. The molecule has 0 atom stereocenters. The van der Waals surface area contributed by atoms with Gasteiger partial charge in [0.1, 0.15) is 0 Å². The Hall–Kier alpha value is -3.12. The fourth-order valence-corrected chi connectivity index (χ4v) is 4.18. The summed E-state index contributed by atoms with van der Waals surface area (Å²) >= 11 is 0. The van der Waals surface area contributed by atoms with E-state index in [1.54, 1.807) is 48.5 Å². The lowest BCUT2D eigenvalue weighted by Crippen LogP contribution is -2.27. The number of sulfonamides is 1. The molecule has 0 saturated carbocycles. The van der Waals surface area contributed by atoms with Crippen LogP contribution in [-0.2, 0) is 16.4 Å². The molecule has 0 aliphatic rings. The van der Waals surface area contributed by atoms with Crippen LogP contribution in [0.3, 0.4) is 0 Å². The minimum Gasteiger partial charge on any atom is -0.322 e. The normalized spacial score (nSPS) is 11.1. The van der Waals surface area contributed by atoms with E-state index in [4.69, 9.17) is 0 Å². The summed E-state index contributed by atoms with van der Waals surface area (Å²) in [6, 6.07) is 20.9. The standard InChI is InChI=1S/C23H24N2O3S/c1-4-18-8-5-6-11-22(18)24-23(26)19-9-7-10-20(16-19)25(3)29(27,28)21-14-12-17(2)13-15-21/h5-16H,4H2,1-3H3,(H,24,26). The van der Waals surface area contributed by atoms with Crippen molar-refractivity contribution in [1.29, 1.82) is 0 Å². The Labute approximate surface area is 172 Å². The fourth-order valence-electron chi connectivity index (χ4n) is 3.00. The first kappa shape index (κ1) is 20.6. The minimum atomic E-state index is -3.72. The summed E-state index contributed by atoms with van der Waals surface area (Å²) in [7, 11) is -2.23. The summed E-state index contributed by atoms with van der Waals surface area (Å²) in [4.78, 5) is 12.9. The van der Waals surface area contributed by atoms with Crippen LogP contribution < -0.4 is 9.62 Å². The van der Waals surface area contributed by atoms with Gasteiger partial charge in [-0.2, -0.15) is 0 Å². The number of nitrogens with one attached hydrogen (secondary N) is 1. The number of para-hydroxylation sites is 1. The van der Waals surface area contributed by atoms with Crippen molar-refractivity contribution in [3.05, 3.63) is 89.5 Å². The zero-order chi connectivity index (χ0) is 21.0. The van der Waals surface area contributed by atoms with Gasteiger partial charge in [0.05, 0.1) is 10.6 Å². The van der Waals surface area contributed by atoms with E-state index < -0.39 is 10.0 Å². The molecule has 0 fully saturated rings. The van der Waals surface area contributed by atoms with Crippen LogP contribution in [-0.4, -0.2) is 21.4 Å². The van der Waals surface area contributed by atoms with Gasteiger partial charge in [-0.3, -0.25) is 9.10 Å². The third kappa shape index (κ3) is 4.49. The number of anilines is 2. The number of amides is 1. The summed E-state index contributed by atoms with van der Waals surface area (Å²) in [5.74, 6) is -0.283. The third-order valence-corrected chi connectivity index (χ3v) is 6.60. The molecule has 0 heterocycles. The molecule has 0 aliphatic heterocycles. The second-order valence-corrected chi connectivity index (χ2v) is 8.77. The fraction of sp³-hybridized carbons (Fsp3) is 0.174. The Morgan fingerprint density at radius 2 is 1.66 bits per heavy atom. The van der Waals surface area contributed by atoms with Crippen LogP contribution in [0.5, 0.6) is 0 Å². The van der Waals surface area contributed by atoms with Gasteiger partial charge in [-0.05, 0) is 55.3 Å². The Bertz CT molecular complexity index is 1120. The molecule has 0 unspecified atom stereocenters. The molecule has 0 radical (unpaired) electrons. The predicted octanol–water partition coefficient (Wildman–Crippen LogP) is 4.63. The molecule has 3 aromatic carbocycles. The number of hydrogen-bond donors (Lipinski definition) is 1. The first-order valence-electron chi connectivity index (χ1n) is 9.38. The van der Waals surface area contributed by atoms with Gasteiger partial charge >= 0.3 is 0 Å². The molecule has 0 saturated heterocycles. The van der Waals surface area contributed by atoms with Crippen molar-refractivity contribution >= 4 is 27.3 Å². The molecule has 3 aromatic rings. The van der Waals surface area contributed by atoms with Crippen LogP contribution in [0.1, 0.15) is 28.4 Å². The third-order valence-electron chi connectivity index (χ3n) is 4.80. The number of aryl methyl sites for hydroxylation is 2. The zero-order valence-corrected chi connectivity index (χ0v) is 17.5. The van der Waals surface area contributed by atoms with E-state index in [0.29, 0.717) is 11.3 Å². The van der Waals surface area contributed by atoms with Gasteiger partial charge in [0.2, 0.25) is 0 Å². The lowest BCUT2D eigenvalue weighted by Gasteiger charge is -2.20. The first-order chi connectivity index (χ1) is 13.8. The van der Waals surface area contributed by atoms with Crippen molar-refractivity contribution in [2.75, 3.05) is 16.7 Å². The van der Waals surface area contributed by atoms with E-state index >= 15 is 0 Å². The van der Waals surface area contributed by atoms with Gasteiger partial charge in [0.25, 0.3) is 15.9 Å². The van der Waals surface area contributed by atoms with Crippen LogP contribution in [0, 0.1) is 6.92 Å². The lowest BCUT2D eigenvalue weighted by atomic mass is 10.1. The summed E-state index contributed by atoms with van der Waals surface area (Å²) in [6.07, 6.45) is 0.800. The van der Waals surface area contributed by atoms with E-state index in [1.807, 2.05) is 38.1 Å². The van der Waals surface area contributed by atoms with Crippen molar-refractivity contribution < 1.29 is 13.2 Å². The second-order valence-electron chi connectivity index (χ2n) is 6.80. The number of benzene rings is 3.